The van der Waals surface area contributed by atoms with Crippen LogP contribution in [-0.2, 0) is 0 Å². The number of aromatic nitrogens is 2. The number of aromatic hydroxyl groups is 1. The largest absolute Gasteiger partial charge is 0.506 e. The summed E-state index contributed by atoms with van der Waals surface area (Å²) in [7, 11) is 0. The Hall–Kier alpha value is -3.21. The highest BCUT2D eigenvalue weighted by molar-refractivity contribution is 6.07. The molecule has 0 fully saturated rings. The summed E-state index contributed by atoms with van der Waals surface area (Å²) in [6.07, 6.45) is 0.874. The maximum absolute atomic E-state index is 13.1. The van der Waals surface area contributed by atoms with Gasteiger partial charge in [0.2, 0.25) is 0 Å². The molecule has 1 N–H and O–H groups in total. The van der Waals surface area contributed by atoms with Gasteiger partial charge in [-0.15, -0.1) is 0 Å². The molecule has 5 nitrogen and oxygen atoms in total. The molecule has 2 aromatic carbocycles. The molecule has 0 saturated carbocycles. The standard InChI is InChI=1S/C22H21N3O2/c1-14-12-13-25(21-18(14)4-3-5-20(21)26)22(27)17-9-7-16(8-10-17)19-11-6-15(2)23-24-19/h3-11,14,26H,12-13H2,1-2H3. The second-order valence-corrected chi connectivity index (χ2v) is 7.00. The summed E-state index contributed by atoms with van der Waals surface area (Å²) in [5.74, 6) is 0.365. The number of fused-ring (bicyclic) bond motifs is 1. The van der Waals surface area contributed by atoms with E-state index in [0.717, 1.165) is 28.9 Å². The molecular weight excluding hydrogens is 338 g/mol. The molecule has 1 aliphatic heterocycles. The van der Waals surface area contributed by atoms with Crippen molar-refractivity contribution >= 4 is 11.6 Å². The number of carbonyl (C=O) groups excluding carboxylic acids is 1. The molecular formula is C22H21N3O2. The van der Waals surface area contributed by atoms with Crippen molar-refractivity contribution in [1.82, 2.24) is 10.2 Å². The molecule has 0 bridgehead atoms. The van der Waals surface area contributed by atoms with Gasteiger partial charge in [0.25, 0.3) is 5.91 Å². The highest BCUT2D eigenvalue weighted by Gasteiger charge is 2.29. The average molecular weight is 359 g/mol. The second kappa shape index (κ2) is 6.83. The smallest absolute Gasteiger partial charge is 0.258 e. The van der Waals surface area contributed by atoms with E-state index in [1.54, 1.807) is 23.1 Å². The Balaban J connectivity index is 1.64. The minimum absolute atomic E-state index is 0.105. The molecule has 5 heteroatoms. The van der Waals surface area contributed by atoms with Gasteiger partial charge < -0.3 is 10.0 Å². The molecule has 2 heterocycles. The Morgan fingerprint density at radius 2 is 1.85 bits per heavy atom. The number of hydrogen-bond acceptors (Lipinski definition) is 4. The molecule has 27 heavy (non-hydrogen) atoms. The van der Waals surface area contributed by atoms with Crippen molar-refractivity contribution in [2.75, 3.05) is 11.4 Å². The number of aryl methyl sites for hydroxylation is 1. The van der Waals surface area contributed by atoms with Gasteiger partial charge in [-0.2, -0.15) is 10.2 Å². The van der Waals surface area contributed by atoms with Gasteiger partial charge in [0, 0.05) is 17.7 Å². The zero-order chi connectivity index (χ0) is 19.0. The molecule has 136 valence electrons. The van der Waals surface area contributed by atoms with Crippen LogP contribution in [0.1, 0.15) is 40.9 Å². The number of hydrogen-bond donors (Lipinski definition) is 1. The number of amides is 1. The first-order valence-corrected chi connectivity index (χ1v) is 9.09. The number of benzene rings is 2. The van der Waals surface area contributed by atoms with E-state index in [2.05, 4.69) is 17.1 Å². The lowest BCUT2D eigenvalue weighted by molar-refractivity contribution is 0.0983. The summed E-state index contributed by atoms with van der Waals surface area (Å²) in [6, 6.07) is 16.6. The predicted molar refractivity (Wildman–Crippen MR) is 105 cm³/mol. The maximum atomic E-state index is 13.1. The van der Waals surface area contributed by atoms with E-state index < -0.39 is 0 Å². The van der Waals surface area contributed by atoms with Crippen LogP contribution in [0.5, 0.6) is 5.75 Å². The van der Waals surface area contributed by atoms with Crippen LogP contribution in [0.4, 0.5) is 5.69 Å². The van der Waals surface area contributed by atoms with E-state index in [4.69, 9.17) is 0 Å². The van der Waals surface area contributed by atoms with Crippen molar-refractivity contribution in [2.24, 2.45) is 0 Å². The summed E-state index contributed by atoms with van der Waals surface area (Å²) < 4.78 is 0. The SMILES string of the molecule is Cc1ccc(-c2ccc(C(=O)N3CCC(C)c4cccc(O)c43)cc2)nn1. The van der Waals surface area contributed by atoms with Crippen LogP contribution in [0.3, 0.4) is 0 Å². The van der Waals surface area contributed by atoms with Gasteiger partial charge >= 0.3 is 0 Å². The van der Waals surface area contributed by atoms with Crippen LogP contribution in [0.15, 0.2) is 54.6 Å². The van der Waals surface area contributed by atoms with Crippen molar-refractivity contribution in [3.8, 4) is 17.0 Å². The number of anilines is 1. The number of nitrogens with zero attached hydrogens (tertiary/aromatic N) is 3. The van der Waals surface area contributed by atoms with Crippen molar-refractivity contribution < 1.29 is 9.90 Å². The third-order valence-corrected chi connectivity index (χ3v) is 5.10. The number of phenolic OH excluding ortho intramolecular Hbond substituents is 1. The van der Waals surface area contributed by atoms with Crippen LogP contribution < -0.4 is 4.90 Å². The topological polar surface area (TPSA) is 66.3 Å². The molecule has 0 aliphatic carbocycles. The minimum Gasteiger partial charge on any atom is -0.506 e. The molecule has 3 aromatic rings. The lowest BCUT2D eigenvalue weighted by atomic mass is 9.90. The molecule has 1 amide bonds. The fourth-order valence-electron chi connectivity index (χ4n) is 3.53. The van der Waals surface area contributed by atoms with Crippen LogP contribution in [0.2, 0.25) is 0 Å². The zero-order valence-electron chi connectivity index (χ0n) is 15.4. The van der Waals surface area contributed by atoms with Crippen molar-refractivity contribution in [3.63, 3.8) is 0 Å². The Bertz CT molecular complexity index is 981. The van der Waals surface area contributed by atoms with E-state index in [9.17, 15) is 9.90 Å². The van der Waals surface area contributed by atoms with Crippen LogP contribution in [0.25, 0.3) is 11.3 Å². The van der Waals surface area contributed by atoms with E-state index in [0.29, 0.717) is 23.7 Å². The highest BCUT2D eigenvalue weighted by atomic mass is 16.3. The fourth-order valence-corrected chi connectivity index (χ4v) is 3.53. The number of rotatable bonds is 2. The first kappa shape index (κ1) is 17.2. The maximum Gasteiger partial charge on any atom is 0.258 e. The van der Waals surface area contributed by atoms with E-state index >= 15 is 0 Å². The van der Waals surface area contributed by atoms with Crippen molar-refractivity contribution in [2.45, 2.75) is 26.2 Å². The van der Waals surface area contributed by atoms with E-state index in [1.807, 2.05) is 43.3 Å². The fraction of sp³-hybridized carbons (Fsp3) is 0.227. The molecule has 4 rings (SSSR count). The second-order valence-electron chi connectivity index (χ2n) is 7.00. The third-order valence-electron chi connectivity index (χ3n) is 5.10. The van der Waals surface area contributed by atoms with Crippen molar-refractivity contribution in [1.29, 1.82) is 0 Å². The number of phenols is 1. The van der Waals surface area contributed by atoms with Gasteiger partial charge in [-0.25, -0.2) is 0 Å². The molecule has 0 spiro atoms. The quantitative estimate of drug-likeness (QED) is 0.740. The average Bonchev–Trinajstić information content (AvgIpc) is 2.69. The van der Waals surface area contributed by atoms with Gasteiger partial charge in [0.15, 0.2) is 0 Å². The Morgan fingerprint density at radius 3 is 2.56 bits per heavy atom. The molecule has 1 unspecified atom stereocenters. The Morgan fingerprint density at radius 1 is 1.07 bits per heavy atom. The Kier molecular flexibility index (Phi) is 4.36. The van der Waals surface area contributed by atoms with Gasteiger partial charge in [0.05, 0.1) is 17.1 Å². The van der Waals surface area contributed by atoms with Gasteiger partial charge in [-0.3, -0.25) is 4.79 Å². The van der Waals surface area contributed by atoms with E-state index in [1.165, 1.54) is 0 Å². The van der Waals surface area contributed by atoms with Crippen LogP contribution >= 0.6 is 0 Å². The monoisotopic (exact) mass is 359 g/mol. The first-order valence-electron chi connectivity index (χ1n) is 9.09. The zero-order valence-corrected chi connectivity index (χ0v) is 15.4. The molecule has 0 saturated heterocycles. The minimum atomic E-state index is -0.105. The summed E-state index contributed by atoms with van der Waals surface area (Å²) in [5, 5.41) is 18.6. The van der Waals surface area contributed by atoms with Crippen molar-refractivity contribution in [3.05, 3.63) is 71.4 Å². The third kappa shape index (κ3) is 3.16. The molecule has 1 aliphatic rings. The molecule has 1 atom stereocenters. The van der Waals surface area contributed by atoms with Gasteiger partial charge in [-0.05, 0) is 55.2 Å². The Labute approximate surface area is 158 Å². The highest BCUT2D eigenvalue weighted by Crippen LogP contribution is 2.41. The normalized spacial score (nSPS) is 16.1. The van der Waals surface area contributed by atoms with Gasteiger partial charge in [-0.1, -0.05) is 31.2 Å². The summed E-state index contributed by atoms with van der Waals surface area (Å²) in [5.41, 5.74) is 4.78. The van der Waals surface area contributed by atoms with E-state index in [-0.39, 0.29) is 11.7 Å². The van der Waals surface area contributed by atoms with Crippen LogP contribution in [-0.4, -0.2) is 27.8 Å². The lowest BCUT2D eigenvalue weighted by Gasteiger charge is -2.33. The lowest BCUT2D eigenvalue weighted by Crippen LogP contribution is -2.36. The number of carbonyl (C=O) groups is 1. The number of para-hydroxylation sites is 1. The molecule has 0 radical (unpaired) electrons. The van der Waals surface area contributed by atoms with Crippen LogP contribution in [0, 0.1) is 6.92 Å². The predicted octanol–water partition coefficient (Wildman–Crippen LogP) is 4.31. The summed E-state index contributed by atoms with van der Waals surface area (Å²) in [6.45, 7) is 4.61. The first-order chi connectivity index (χ1) is 13.0. The van der Waals surface area contributed by atoms with Gasteiger partial charge in [0.1, 0.15) is 5.75 Å². The summed E-state index contributed by atoms with van der Waals surface area (Å²) in [4.78, 5) is 14.8. The summed E-state index contributed by atoms with van der Waals surface area (Å²) >= 11 is 0. The molecule has 1 aromatic heterocycles.